The van der Waals surface area contributed by atoms with Gasteiger partial charge in [0.05, 0.1) is 5.92 Å². The molecular weight excluding hydrogens is 332 g/mol. The summed E-state index contributed by atoms with van der Waals surface area (Å²) in [7, 11) is 0. The molecule has 0 amide bonds. The molecule has 5 heteroatoms. The third kappa shape index (κ3) is 4.58. The van der Waals surface area contributed by atoms with Gasteiger partial charge in [0, 0.05) is 12.8 Å². The van der Waals surface area contributed by atoms with E-state index in [4.69, 9.17) is 0 Å². The fourth-order valence-electron chi connectivity index (χ4n) is 2.99. The van der Waals surface area contributed by atoms with Crippen LogP contribution >= 0.6 is 0 Å². The van der Waals surface area contributed by atoms with E-state index in [1.54, 1.807) is 12.2 Å². The molecule has 1 aliphatic carbocycles. The fraction of sp³-hybridized carbons (Fsp3) is 0.571. The molecule has 0 unspecified atom stereocenters. The maximum Gasteiger partial charge on any atom is 0.191 e. The molecule has 2 atom stereocenters. The zero-order valence-electron chi connectivity index (χ0n) is 16.5. The highest BCUT2D eigenvalue weighted by Crippen LogP contribution is 2.41. The van der Waals surface area contributed by atoms with Crippen LogP contribution in [0.5, 0.6) is 0 Å². The number of hydrogen-bond acceptors (Lipinski definition) is 5. The van der Waals surface area contributed by atoms with Crippen molar-refractivity contribution in [3.05, 3.63) is 34.6 Å². The van der Waals surface area contributed by atoms with Gasteiger partial charge in [0.15, 0.2) is 23.0 Å². The molecule has 26 heavy (non-hydrogen) atoms. The van der Waals surface area contributed by atoms with Crippen LogP contribution in [0.2, 0.25) is 0 Å². The van der Waals surface area contributed by atoms with Crippen molar-refractivity contribution in [2.24, 2.45) is 11.8 Å². The third-order valence-electron chi connectivity index (χ3n) is 4.42. The summed E-state index contributed by atoms with van der Waals surface area (Å²) in [5, 5.41) is 21.6. The van der Waals surface area contributed by atoms with Crippen LogP contribution in [-0.4, -0.2) is 33.2 Å². The predicted octanol–water partition coefficient (Wildman–Crippen LogP) is 3.63. The van der Waals surface area contributed by atoms with E-state index in [1.807, 2.05) is 41.5 Å². The number of aliphatic hydroxyl groups excluding tert-OH is 1. The number of allylic oxidation sites excluding steroid dienone is 5. The standard InChI is InChI=1S/C21H30O5/c1-12(2)7-9-15-19(24)18(16(22)11-14(5)6)20(25)21(15,26)17(23)10-8-13(3)4/h7-8,14-15,25-26H,9-11H2,1-6H3/t15-,21-/m1/s1. The first-order valence-electron chi connectivity index (χ1n) is 8.96. The topological polar surface area (TPSA) is 91.7 Å². The molecule has 0 fully saturated rings. The van der Waals surface area contributed by atoms with Gasteiger partial charge in [-0.05, 0) is 40.0 Å². The molecule has 0 saturated carbocycles. The van der Waals surface area contributed by atoms with Crippen LogP contribution in [0.25, 0.3) is 0 Å². The highest BCUT2D eigenvalue weighted by molar-refractivity contribution is 6.26. The van der Waals surface area contributed by atoms with E-state index in [9.17, 15) is 24.6 Å². The summed E-state index contributed by atoms with van der Waals surface area (Å²) in [5.41, 5.74) is -0.972. The van der Waals surface area contributed by atoms with Crippen LogP contribution in [0.3, 0.4) is 0 Å². The number of ketones is 3. The number of hydrogen-bond donors (Lipinski definition) is 2. The van der Waals surface area contributed by atoms with Crippen LogP contribution in [0.1, 0.15) is 60.8 Å². The van der Waals surface area contributed by atoms with Crippen LogP contribution in [-0.2, 0) is 14.4 Å². The summed E-state index contributed by atoms with van der Waals surface area (Å²) in [6.45, 7) is 10.9. The van der Waals surface area contributed by atoms with Gasteiger partial charge in [-0.15, -0.1) is 0 Å². The second-order valence-electron chi connectivity index (χ2n) is 7.85. The SMILES string of the molecule is CC(C)=CCC(=O)[C@@]1(O)C(O)=C(C(=O)CC(C)C)C(=O)[C@H]1CC=C(C)C. The summed E-state index contributed by atoms with van der Waals surface area (Å²) in [4.78, 5) is 38.0. The first kappa shape index (κ1) is 22.0. The minimum atomic E-state index is -2.35. The van der Waals surface area contributed by atoms with Crippen molar-refractivity contribution in [2.75, 3.05) is 0 Å². The van der Waals surface area contributed by atoms with Crippen LogP contribution in [0.4, 0.5) is 0 Å². The van der Waals surface area contributed by atoms with Gasteiger partial charge < -0.3 is 10.2 Å². The van der Waals surface area contributed by atoms with Gasteiger partial charge in [0.25, 0.3) is 0 Å². The molecule has 5 nitrogen and oxygen atoms in total. The summed E-state index contributed by atoms with van der Waals surface area (Å²) < 4.78 is 0. The first-order chi connectivity index (χ1) is 11.9. The molecule has 0 spiro atoms. The Labute approximate surface area is 155 Å². The summed E-state index contributed by atoms with van der Waals surface area (Å²) in [6.07, 6.45) is 3.39. The van der Waals surface area contributed by atoms with Crippen molar-refractivity contribution in [1.29, 1.82) is 0 Å². The van der Waals surface area contributed by atoms with E-state index >= 15 is 0 Å². The van der Waals surface area contributed by atoms with Gasteiger partial charge in [-0.2, -0.15) is 0 Å². The maximum atomic E-state index is 12.8. The average Bonchev–Trinajstić information content (AvgIpc) is 2.69. The molecule has 2 N–H and O–H groups in total. The number of carbonyl (C=O) groups is 3. The maximum absolute atomic E-state index is 12.8. The molecule has 0 radical (unpaired) electrons. The van der Waals surface area contributed by atoms with Gasteiger partial charge >= 0.3 is 0 Å². The summed E-state index contributed by atoms with van der Waals surface area (Å²) >= 11 is 0. The van der Waals surface area contributed by atoms with Crippen molar-refractivity contribution in [2.45, 2.75) is 66.4 Å². The van der Waals surface area contributed by atoms with Crippen LogP contribution < -0.4 is 0 Å². The molecule has 0 aromatic rings. The Balaban J connectivity index is 3.41. The first-order valence-corrected chi connectivity index (χ1v) is 8.96. The number of carbonyl (C=O) groups excluding carboxylic acids is 3. The van der Waals surface area contributed by atoms with E-state index in [-0.39, 0.29) is 25.2 Å². The molecule has 0 saturated heterocycles. The quantitative estimate of drug-likeness (QED) is 0.508. The molecule has 0 aromatic carbocycles. The molecule has 0 aliphatic heterocycles. The largest absolute Gasteiger partial charge is 0.508 e. The molecule has 0 bridgehead atoms. The smallest absolute Gasteiger partial charge is 0.191 e. The van der Waals surface area contributed by atoms with Gasteiger partial charge in [-0.3, -0.25) is 14.4 Å². The zero-order chi connectivity index (χ0) is 20.2. The fourth-order valence-corrected chi connectivity index (χ4v) is 2.99. The van der Waals surface area contributed by atoms with E-state index in [2.05, 4.69) is 0 Å². The second-order valence-corrected chi connectivity index (χ2v) is 7.85. The third-order valence-corrected chi connectivity index (χ3v) is 4.42. The van der Waals surface area contributed by atoms with E-state index < -0.39 is 40.2 Å². The predicted molar refractivity (Wildman–Crippen MR) is 101 cm³/mol. The second kappa shape index (κ2) is 8.58. The molecule has 1 aliphatic rings. The van der Waals surface area contributed by atoms with Crippen molar-refractivity contribution >= 4 is 17.3 Å². The van der Waals surface area contributed by atoms with Crippen LogP contribution in [0, 0.1) is 11.8 Å². The summed E-state index contributed by atoms with van der Waals surface area (Å²) in [6, 6.07) is 0. The Morgan fingerprint density at radius 1 is 1.12 bits per heavy atom. The highest BCUT2D eigenvalue weighted by atomic mass is 16.3. The summed E-state index contributed by atoms with van der Waals surface area (Å²) in [5.74, 6) is -3.84. The molecular formula is C21H30O5. The Kier molecular flexibility index (Phi) is 7.27. The van der Waals surface area contributed by atoms with E-state index in [0.29, 0.717) is 0 Å². The number of Topliss-reactive ketones (excluding diaryl/α,β-unsaturated/α-hetero) is 3. The van der Waals surface area contributed by atoms with E-state index in [1.165, 1.54) is 0 Å². The van der Waals surface area contributed by atoms with Crippen LogP contribution in [0.15, 0.2) is 34.6 Å². The van der Waals surface area contributed by atoms with Gasteiger partial charge in [0.2, 0.25) is 0 Å². The van der Waals surface area contributed by atoms with Gasteiger partial charge in [-0.1, -0.05) is 37.1 Å². The Hall–Kier alpha value is -2.01. The lowest BCUT2D eigenvalue weighted by molar-refractivity contribution is -0.144. The highest BCUT2D eigenvalue weighted by Gasteiger charge is 2.58. The Morgan fingerprint density at radius 3 is 2.12 bits per heavy atom. The lowest BCUT2D eigenvalue weighted by atomic mass is 9.81. The Bertz CT molecular complexity index is 685. The number of aliphatic hydroxyl groups is 2. The van der Waals surface area contributed by atoms with Crippen molar-refractivity contribution < 1.29 is 24.6 Å². The van der Waals surface area contributed by atoms with Gasteiger partial charge in [-0.25, -0.2) is 0 Å². The van der Waals surface area contributed by atoms with Crippen molar-refractivity contribution in [3.63, 3.8) is 0 Å². The molecule has 0 heterocycles. The molecule has 0 aromatic heterocycles. The number of rotatable bonds is 8. The minimum absolute atomic E-state index is 0.0121. The molecule has 1 rings (SSSR count). The van der Waals surface area contributed by atoms with Gasteiger partial charge in [0.1, 0.15) is 11.3 Å². The lowest BCUT2D eigenvalue weighted by Crippen LogP contribution is -2.46. The normalized spacial score (nSPS) is 22.6. The monoisotopic (exact) mass is 362 g/mol. The molecule has 144 valence electrons. The zero-order valence-corrected chi connectivity index (χ0v) is 16.5. The van der Waals surface area contributed by atoms with Crippen molar-refractivity contribution in [3.8, 4) is 0 Å². The van der Waals surface area contributed by atoms with E-state index in [0.717, 1.165) is 11.1 Å². The minimum Gasteiger partial charge on any atom is -0.508 e. The average molecular weight is 362 g/mol. The van der Waals surface area contributed by atoms with Crippen molar-refractivity contribution in [1.82, 2.24) is 0 Å². The lowest BCUT2D eigenvalue weighted by Gasteiger charge is -2.27. The Morgan fingerprint density at radius 2 is 1.65 bits per heavy atom.